The van der Waals surface area contributed by atoms with Crippen molar-refractivity contribution in [3.8, 4) is 0 Å². The first-order valence-corrected chi connectivity index (χ1v) is 11.2. The first-order chi connectivity index (χ1) is 12.9. The molecule has 142 valence electrons. The Labute approximate surface area is 163 Å². The smallest absolute Gasteiger partial charge is 0.251 e. The number of hydrogen-bond acceptors (Lipinski definition) is 5. The van der Waals surface area contributed by atoms with Crippen molar-refractivity contribution in [3.63, 3.8) is 0 Å². The lowest BCUT2D eigenvalue weighted by Gasteiger charge is -2.21. The Balaban J connectivity index is 1.44. The molecule has 0 radical (unpaired) electrons. The van der Waals surface area contributed by atoms with Gasteiger partial charge in [-0.3, -0.25) is 4.79 Å². The van der Waals surface area contributed by atoms with Crippen molar-refractivity contribution in [1.29, 1.82) is 0 Å². The average molecular weight is 404 g/mol. The summed E-state index contributed by atoms with van der Waals surface area (Å²) in [5.74, 6) is -0.0733. The molecule has 2 aromatic rings. The van der Waals surface area contributed by atoms with Gasteiger partial charge in [0.2, 0.25) is 10.0 Å². The Bertz CT molecular complexity index is 960. The normalized spacial score (nSPS) is 24.1. The van der Waals surface area contributed by atoms with E-state index in [2.05, 4.69) is 10.6 Å². The number of sulfonamides is 1. The van der Waals surface area contributed by atoms with Crippen molar-refractivity contribution < 1.29 is 13.2 Å². The third-order valence-corrected chi connectivity index (χ3v) is 7.30. The van der Waals surface area contributed by atoms with E-state index in [1.807, 2.05) is 12.1 Å². The van der Waals surface area contributed by atoms with Crippen molar-refractivity contribution in [2.45, 2.75) is 52.1 Å². The van der Waals surface area contributed by atoms with Gasteiger partial charge in [-0.25, -0.2) is 13.6 Å². The van der Waals surface area contributed by atoms with Crippen LogP contribution in [0.5, 0.6) is 0 Å². The predicted molar refractivity (Wildman–Crippen MR) is 104 cm³/mol. The Morgan fingerprint density at radius 1 is 1.11 bits per heavy atom. The summed E-state index contributed by atoms with van der Waals surface area (Å²) in [4.78, 5) is 14.0. The second-order valence-corrected chi connectivity index (χ2v) is 9.63. The van der Waals surface area contributed by atoms with Gasteiger partial charge in [0.05, 0.1) is 4.90 Å². The largest absolute Gasteiger partial charge is 0.348 e. The molecule has 4 rings (SSSR count). The summed E-state index contributed by atoms with van der Waals surface area (Å²) in [7, 11) is -3.78. The summed E-state index contributed by atoms with van der Waals surface area (Å²) in [5.41, 5.74) is 0.599. The molecule has 3 atom stereocenters. The Morgan fingerprint density at radius 3 is 2.48 bits per heavy atom. The SMILES string of the molecule is NS(=O)(=O)c1ccccc1Sc1ccc(C(=O)N[C@@H]2C[C@H]3CC[C@@H]2N3)cc1. The highest BCUT2D eigenvalue weighted by Crippen LogP contribution is 2.32. The van der Waals surface area contributed by atoms with Crippen LogP contribution in [-0.4, -0.2) is 32.5 Å². The summed E-state index contributed by atoms with van der Waals surface area (Å²) in [5, 5.41) is 11.9. The van der Waals surface area contributed by atoms with Gasteiger partial charge in [0, 0.05) is 33.5 Å². The zero-order valence-corrected chi connectivity index (χ0v) is 16.2. The Morgan fingerprint density at radius 2 is 1.85 bits per heavy atom. The van der Waals surface area contributed by atoms with E-state index in [0.717, 1.165) is 17.7 Å². The topological polar surface area (TPSA) is 101 Å². The molecular formula is C19H21N3O3S2. The van der Waals surface area contributed by atoms with E-state index in [4.69, 9.17) is 5.14 Å². The maximum atomic E-state index is 12.5. The molecule has 0 aromatic heterocycles. The molecule has 0 spiro atoms. The number of amides is 1. The molecule has 2 aliphatic rings. The fourth-order valence-corrected chi connectivity index (χ4v) is 5.74. The van der Waals surface area contributed by atoms with Gasteiger partial charge in [-0.1, -0.05) is 23.9 Å². The van der Waals surface area contributed by atoms with Crippen LogP contribution in [0.15, 0.2) is 63.2 Å². The summed E-state index contributed by atoms with van der Waals surface area (Å²) in [6, 6.07) is 14.9. The van der Waals surface area contributed by atoms with E-state index in [1.165, 1.54) is 24.2 Å². The predicted octanol–water partition coefficient (Wildman–Crippen LogP) is 2.11. The van der Waals surface area contributed by atoms with Crippen molar-refractivity contribution >= 4 is 27.7 Å². The second-order valence-electron chi connectivity index (χ2n) is 6.98. The molecule has 0 aliphatic carbocycles. The van der Waals surface area contributed by atoms with Crippen molar-refractivity contribution in [1.82, 2.24) is 10.6 Å². The van der Waals surface area contributed by atoms with Gasteiger partial charge in [-0.2, -0.15) is 0 Å². The van der Waals surface area contributed by atoms with Crippen LogP contribution in [0.4, 0.5) is 0 Å². The highest BCUT2D eigenvalue weighted by molar-refractivity contribution is 8.00. The van der Waals surface area contributed by atoms with E-state index in [0.29, 0.717) is 22.5 Å². The van der Waals surface area contributed by atoms with Crippen molar-refractivity contribution in [2.75, 3.05) is 0 Å². The zero-order chi connectivity index (χ0) is 19.0. The zero-order valence-electron chi connectivity index (χ0n) is 14.6. The summed E-state index contributed by atoms with van der Waals surface area (Å²) < 4.78 is 23.4. The number of carbonyl (C=O) groups is 1. The Hall–Kier alpha value is -1.87. The number of primary sulfonamides is 1. The number of nitrogens with one attached hydrogen (secondary N) is 2. The summed E-state index contributed by atoms with van der Waals surface area (Å²) in [6.07, 6.45) is 3.31. The summed E-state index contributed by atoms with van der Waals surface area (Å²) in [6.45, 7) is 0. The van der Waals surface area contributed by atoms with Gasteiger partial charge in [0.1, 0.15) is 0 Å². The van der Waals surface area contributed by atoms with Gasteiger partial charge in [-0.15, -0.1) is 0 Å². The lowest BCUT2D eigenvalue weighted by Crippen LogP contribution is -2.42. The minimum absolute atomic E-state index is 0.0733. The molecule has 6 nitrogen and oxygen atoms in total. The highest BCUT2D eigenvalue weighted by atomic mass is 32.2. The molecule has 2 aliphatic heterocycles. The molecule has 2 aromatic carbocycles. The highest BCUT2D eigenvalue weighted by Gasteiger charge is 2.39. The van der Waals surface area contributed by atoms with Crippen LogP contribution < -0.4 is 15.8 Å². The molecule has 1 amide bonds. The second kappa shape index (κ2) is 7.27. The van der Waals surface area contributed by atoms with Crippen LogP contribution in [0, 0.1) is 0 Å². The van der Waals surface area contributed by atoms with Gasteiger partial charge in [-0.05, 0) is 55.7 Å². The van der Waals surface area contributed by atoms with Crippen LogP contribution in [0.1, 0.15) is 29.6 Å². The van der Waals surface area contributed by atoms with Crippen LogP contribution in [0.2, 0.25) is 0 Å². The maximum Gasteiger partial charge on any atom is 0.251 e. The number of nitrogens with two attached hydrogens (primary N) is 1. The van der Waals surface area contributed by atoms with Gasteiger partial charge in [0.25, 0.3) is 5.91 Å². The minimum Gasteiger partial charge on any atom is -0.348 e. The first kappa shape index (κ1) is 18.5. The molecule has 2 heterocycles. The molecule has 4 N–H and O–H groups in total. The third kappa shape index (κ3) is 4.03. The quantitative estimate of drug-likeness (QED) is 0.710. The number of rotatable bonds is 5. The standard InChI is InChI=1S/C19H21N3O3S2/c20-27(24,25)18-4-2-1-3-17(18)26-14-8-5-12(6-9-14)19(23)22-16-11-13-7-10-15(16)21-13/h1-6,8-9,13,15-16,21H,7,10-11H2,(H,22,23)(H2,20,24,25)/t13-,15+,16-/m1/s1. The number of hydrogen-bond donors (Lipinski definition) is 3. The van der Waals surface area contributed by atoms with Crippen LogP contribution in [0.3, 0.4) is 0 Å². The van der Waals surface area contributed by atoms with E-state index >= 15 is 0 Å². The maximum absolute atomic E-state index is 12.5. The van der Waals surface area contributed by atoms with Gasteiger partial charge < -0.3 is 10.6 Å². The van der Waals surface area contributed by atoms with Crippen molar-refractivity contribution in [3.05, 3.63) is 54.1 Å². The fourth-order valence-electron chi connectivity index (χ4n) is 3.81. The van der Waals surface area contributed by atoms with Crippen LogP contribution in [0.25, 0.3) is 0 Å². The fraction of sp³-hybridized carbons (Fsp3) is 0.316. The number of benzene rings is 2. The molecule has 8 heteroatoms. The van der Waals surface area contributed by atoms with Crippen molar-refractivity contribution in [2.24, 2.45) is 5.14 Å². The molecule has 2 bridgehead atoms. The molecule has 0 saturated carbocycles. The van der Waals surface area contributed by atoms with Crippen LogP contribution >= 0.6 is 11.8 Å². The molecule has 2 saturated heterocycles. The number of carbonyl (C=O) groups excluding carboxylic acids is 1. The Kier molecular flexibility index (Phi) is 4.98. The average Bonchev–Trinajstić information content (AvgIpc) is 3.25. The van der Waals surface area contributed by atoms with Gasteiger partial charge in [0.15, 0.2) is 0 Å². The summed E-state index contributed by atoms with van der Waals surface area (Å²) >= 11 is 1.30. The monoisotopic (exact) mass is 403 g/mol. The molecule has 2 fully saturated rings. The van der Waals surface area contributed by atoms with E-state index in [9.17, 15) is 13.2 Å². The molecule has 27 heavy (non-hydrogen) atoms. The van der Waals surface area contributed by atoms with Crippen LogP contribution in [-0.2, 0) is 10.0 Å². The molecule has 0 unspecified atom stereocenters. The lowest BCUT2D eigenvalue weighted by atomic mass is 9.95. The van der Waals surface area contributed by atoms with E-state index in [-0.39, 0.29) is 16.8 Å². The third-order valence-electron chi connectivity index (χ3n) is 5.12. The van der Waals surface area contributed by atoms with Gasteiger partial charge >= 0.3 is 0 Å². The molecular weight excluding hydrogens is 382 g/mol. The number of fused-ring (bicyclic) bond motifs is 2. The minimum atomic E-state index is -3.78. The first-order valence-electron chi connectivity index (χ1n) is 8.87. The van der Waals surface area contributed by atoms with E-state index in [1.54, 1.807) is 30.3 Å². The van der Waals surface area contributed by atoms with E-state index < -0.39 is 10.0 Å². The lowest BCUT2D eigenvalue weighted by molar-refractivity contribution is 0.0931.